The van der Waals surface area contributed by atoms with Crippen LogP contribution in [0.1, 0.15) is 28.4 Å². The van der Waals surface area contributed by atoms with Crippen LogP contribution in [0.25, 0.3) is 0 Å². The Kier molecular flexibility index (Phi) is 2.39. The number of hydrogen-bond acceptors (Lipinski definition) is 3. The zero-order valence-electron chi connectivity index (χ0n) is 9.37. The summed E-state index contributed by atoms with van der Waals surface area (Å²) in [5.74, 6) is 0. The highest BCUT2D eigenvalue weighted by Crippen LogP contribution is 2.27. The summed E-state index contributed by atoms with van der Waals surface area (Å²) in [5.41, 5.74) is 10.5. The van der Waals surface area contributed by atoms with E-state index >= 15 is 0 Å². The van der Waals surface area contributed by atoms with Crippen LogP contribution in [0.3, 0.4) is 0 Å². The molecule has 1 aromatic carbocycles. The van der Waals surface area contributed by atoms with E-state index in [-0.39, 0.29) is 6.10 Å². The van der Waals surface area contributed by atoms with E-state index in [1.165, 1.54) is 22.3 Å². The fourth-order valence-electron chi connectivity index (χ4n) is 1.88. The molecule has 0 spiro atoms. The average Bonchev–Trinajstić information content (AvgIpc) is 2.58. The lowest BCUT2D eigenvalue weighted by atomic mass is 9.97. The zero-order valence-corrected chi connectivity index (χ0v) is 9.37. The molecule has 1 heterocycles. The molecular formula is C12H16N2O. The fraction of sp³-hybridized carbons (Fsp3) is 0.417. The molecule has 1 aliphatic rings. The minimum atomic E-state index is 0.00398. The molecular weight excluding hydrogens is 188 g/mol. The summed E-state index contributed by atoms with van der Waals surface area (Å²) >= 11 is 0. The molecule has 1 unspecified atom stereocenters. The molecule has 80 valence electrons. The molecule has 0 fully saturated rings. The van der Waals surface area contributed by atoms with Crippen molar-refractivity contribution in [3.05, 3.63) is 34.4 Å². The monoisotopic (exact) mass is 204 g/mol. The van der Waals surface area contributed by atoms with Crippen LogP contribution < -0.4 is 5.73 Å². The second kappa shape index (κ2) is 3.57. The highest BCUT2D eigenvalue weighted by molar-refractivity contribution is 5.73. The predicted octanol–water partition coefficient (Wildman–Crippen LogP) is 2.00. The highest BCUT2D eigenvalue weighted by Gasteiger charge is 2.21. The predicted molar refractivity (Wildman–Crippen MR) is 61.0 cm³/mol. The topological polar surface area (TPSA) is 47.6 Å². The van der Waals surface area contributed by atoms with Crippen molar-refractivity contribution in [1.29, 1.82) is 0 Å². The summed E-state index contributed by atoms with van der Waals surface area (Å²) in [6, 6.07) is 4.66. The molecule has 1 atom stereocenters. The molecule has 3 nitrogen and oxygen atoms in total. The van der Waals surface area contributed by atoms with Gasteiger partial charge < -0.3 is 10.5 Å². The van der Waals surface area contributed by atoms with Gasteiger partial charge in [0, 0.05) is 0 Å². The number of nitrogens with zero attached hydrogens (tertiary/aromatic N) is 1. The maximum absolute atomic E-state index is 5.51. The van der Waals surface area contributed by atoms with Crippen LogP contribution in [-0.4, -0.2) is 12.6 Å². The molecule has 15 heavy (non-hydrogen) atoms. The first-order chi connectivity index (χ1) is 7.08. The van der Waals surface area contributed by atoms with Gasteiger partial charge in [0.25, 0.3) is 6.02 Å². The van der Waals surface area contributed by atoms with Crippen LogP contribution in [0, 0.1) is 20.8 Å². The zero-order chi connectivity index (χ0) is 11.0. The van der Waals surface area contributed by atoms with Gasteiger partial charge in [0.2, 0.25) is 0 Å². The molecule has 0 amide bonds. The molecule has 3 heteroatoms. The first-order valence-corrected chi connectivity index (χ1v) is 5.12. The van der Waals surface area contributed by atoms with Crippen LogP contribution in [0.15, 0.2) is 17.1 Å². The molecule has 1 aromatic rings. The Morgan fingerprint density at radius 3 is 2.47 bits per heavy atom. The summed E-state index contributed by atoms with van der Waals surface area (Å²) in [7, 11) is 0. The third-order valence-electron chi connectivity index (χ3n) is 2.91. The van der Waals surface area contributed by atoms with E-state index in [1.54, 1.807) is 0 Å². The SMILES string of the molecule is Cc1cc(C)c(C2CN=C(N)O2)cc1C. The number of amidine groups is 1. The Labute approximate surface area is 90.0 Å². The molecule has 0 aromatic heterocycles. The van der Waals surface area contributed by atoms with Gasteiger partial charge in [0.1, 0.15) is 6.10 Å². The van der Waals surface area contributed by atoms with Crippen LogP contribution in [0.4, 0.5) is 0 Å². The molecule has 0 aliphatic carbocycles. The highest BCUT2D eigenvalue weighted by atomic mass is 16.5. The van der Waals surface area contributed by atoms with Gasteiger partial charge in [-0.05, 0) is 43.0 Å². The van der Waals surface area contributed by atoms with Gasteiger partial charge in [0.05, 0.1) is 6.54 Å². The maximum atomic E-state index is 5.51. The van der Waals surface area contributed by atoms with Crippen LogP contribution >= 0.6 is 0 Å². The second-order valence-corrected chi connectivity index (χ2v) is 4.08. The van der Waals surface area contributed by atoms with Crippen molar-refractivity contribution in [3.63, 3.8) is 0 Å². The van der Waals surface area contributed by atoms with Gasteiger partial charge in [-0.15, -0.1) is 0 Å². The Hall–Kier alpha value is -1.51. The smallest absolute Gasteiger partial charge is 0.282 e. The summed E-state index contributed by atoms with van der Waals surface area (Å²) in [6.07, 6.45) is 0.00398. The fourth-order valence-corrected chi connectivity index (χ4v) is 1.88. The van der Waals surface area contributed by atoms with Crippen molar-refractivity contribution in [2.24, 2.45) is 10.7 Å². The van der Waals surface area contributed by atoms with Crippen molar-refractivity contribution in [3.8, 4) is 0 Å². The number of nitrogens with two attached hydrogens (primary N) is 1. The number of rotatable bonds is 1. The first-order valence-electron chi connectivity index (χ1n) is 5.12. The summed E-state index contributed by atoms with van der Waals surface area (Å²) < 4.78 is 5.45. The minimum absolute atomic E-state index is 0.00398. The molecule has 0 bridgehead atoms. The number of hydrogen-bond donors (Lipinski definition) is 1. The van der Waals surface area contributed by atoms with Crippen molar-refractivity contribution in [2.75, 3.05) is 6.54 Å². The van der Waals surface area contributed by atoms with Crippen molar-refractivity contribution in [2.45, 2.75) is 26.9 Å². The first kappa shape index (κ1) is 10.0. The number of aliphatic imine (C=N–C) groups is 1. The lowest BCUT2D eigenvalue weighted by Crippen LogP contribution is -2.13. The largest absolute Gasteiger partial charge is 0.455 e. The Morgan fingerprint density at radius 2 is 1.87 bits per heavy atom. The van der Waals surface area contributed by atoms with E-state index in [9.17, 15) is 0 Å². The van der Waals surface area contributed by atoms with Gasteiger partial charge in [-0.25, -0.2) is 4.99 Å². The van der Waals surface area contributed by atoms with E-state index in [1.807, 2.05) is 0 Å². The summed E-state index contributed by atoms with van der Waals surface area (Å²) in [6.45, 7) is 6.96. The van der Waals surface area contributed by atoms with Crippen LogP contribution in [0.2, 0.25) is 0 Å². The van der Waals surface area contributed by atoms with E-state index in [0.717, 1.165) is 0 Å². The lowest BCUT2D eigenvalue weighted by Gasteiger charge is -2.15. The van der Waals surface area contributed by atoms with Gasteiger partial charge in [-0.2, -0.15) is 0 Å². The van der Waals surface area contributed by atoms with Gasteiger partial charge in [-0.3, -0.25) is 0 Å². The molecule has 2 rings (SSSR count). The van der Waals surface area contributed by atoms with E-state index < -0.39 is 0 Å². The van der Waals surface area contributed by atoms with Crippen LogP contribution in [-0.2, 0) is 4.74 Å². The van der Waals surface area contributed by atoms with E-state index in [4.69, 9.17) is 10.5 Å². The Balaban J connectivity index is 2.33. The second-order valence-electron chi connectivity index (χ2n) is 4.08. The lowest BCUT2D eigenvalue weighted by molar-refractivity contribution is 0.225. The normalized spacial score (nSPS) is 19.9. The molecule has 0 saturated heterocycles. The molecule has 1 aliphatic heterocycles. The third kappa shape index (κ3) is 1.82. The van der Waals surface area contributed by atoms with E-state index in [0.29, 0.717) is 12.6 Å². The van der Waals surface area contributed by atoms with Gasteiger partial charge in [-0.1, -0.05) is 12.1 Å². The van der Waals surface area contributed by atoms with Gasteiger partial charge >= 0.3 is 0 Å². The summed E-state index contributed by atoms with van der Waals surface area (Å²) in [5, 5.41) is 0. The molecule has 0 saturated carbocycles. The molecule has 0 radical (unpaired) electrons. The molecule has 2 N–H and O–H groups in total. The van der Waals surface area contributed by atoms with Crippen molar-refractivity contribution < 1.29 is 4.74 Å². The standard InChI is InChI=1S/C12H16N2O/c1-7-4-9(3)10(5-8(7)2)11-6-14-12(13)15-11/h4-5,11H,6H2,1-3H3,(H2,13,14). The average molecular weight is 204 g/mol. The van der Waals surface area contributed by atoms with Crippen LogP contribution in [0.5, 0.6) is 0 Å². The Morgan fingerprint density at radius 1 is 1.20 bits per heavy atom. The minimum Gasteiger partial charge on any atom is -0.455 e. The van der Waals surface area contributed by atoms with Crippen molar-refractivity contribution in [1.82, 2.24) is 0 Å². The third-order valence-corrected chi connectivity index (χ3v) is 2.91. The number of benzene rings is 1. The Bertz CT molecular complexity index is 424. The number of ether oxygens (including phenoxy) is 1. The summed E-state index contributed by atoms with van der Waals surface area (Å²) in [4.78, 5) is 4.06. The van der Waals surface area contributed by atoms with E-state index in [2.05, 4.69) is 37.9 Å². The quantitative estimate of drug-likeness (QED) is 0.760. The number of aryl methyl sites for hydroxylation is 3. The maximum Gasteiger partial charge on any atom is 0.282 e. The van der Waals surface area contributed by atoms with Gasteiger partial charge in [0.15, 0.2) is 0 Å². The van der Waals surface area contributed by atoms with Crippen molar-refractivity contribution >= 4 is 6.02 Å².